The molecule has 0 aliphatic carbocycles. The average Bonchev–Trinajstić information content (AvgIpc) is 2.63. The maximum absolute atomic E-state index is 13.4. The van der Waals surface area contributed by atoms with Gasteiger partial charge in [-0.3, -0.25) is 9.59 Å². The van der Waals surface area contributed by atoms with Gasteiger partial charge in [0, 0.05) is 7.05 Å². The molecule has 0 aliphatic rings. The van der Waals surface area contributed by atoms with Crippen LogP contribution in [0.1, 0.15) is 18.0 Å². The van der Waals surface area contributed by atoms with Crippen LogP contribution in [0.5, 0.6) is 5.75 Å². The minimum atomic E-state index is -1.17. The fraction of sp³-hybridized carbons (Fsp3) is 0.222. The van der Waals surface area contributed by atoms with Crippen molar-refractivity contribution in [2.24, 2.45) is 0 Å². The van der Waals surface area contributed by atoms with Gasteiger partial charge < -0.3 is 15.4 Å². The Hall–Kier alpha value is -3.03. The number of halogens is 3. The monoisotopic (exact) mass is 366 g/mol. The van der Waals surface area contributed by atoms with E-state index in [0.29, 0.717) is 5.75 Å². The van der Waals surface area contributed by atoms with E-state index in [1.54, 1.807) is 0 Å². The minimum absolute atomic E-state index is 0.00426. The summed E-state index contributed by atoms with van der Waals surface area (Å²) in [6, 6.07) is 7.06. The molecule has 5 nitrogen and oxygen atoms in total. The topological polar surface area (TPSA) is 67.4 Å². The molecule has 2 N–H and O–H groups in total. The molecule has 8 heteroatoms. The number of benzene rings is 2. The molecule has 0 aliphatic heterocycles. The Kier molecular flexibility index (Phi) is 6.60. The van der Waals surface area contributed by atoms with Crippen LogP contribution in [0.25, 0.3) is 0 Å². The van der Waals surface area contributed by atoms with E-state index in [0.717, 1.165) is 12.1 Å². The van der Waals surface area contributed by atoms with Gasteiger partial charge in [-0.15, -0.1) is 0 Å². The largest absolute Gasteiger partial charge is 0.493 e. The Balaban J connectivity index is 1.96. The Bertz CT molecular complexity index is 782. The number of rotatable bonds is 7. The lowest BCUT2D eigenvalue weighted by Gasteiger charge is -2.18. The summed E-state index contributed by atoms with van der Waals surface area (Å²) in [5.41, 5.74) is 0.107. The third-order valence-corrected chi connectivity index (χ3v) is 3.50. The van der Waals surface area contributed by atoms with Gasteiger partial charge in [0.1, 0.15) is 17.6 Å². The Labute approximate surface area is 148 Å². The highest BCUT2D eigenvalue weighted by atomic mass is 19.2. The maximum atomic E-state index is 13.4. The van der Waals surface area contributed by atoms with E-state index in [-0.39, 0.29) is 18.6 Å². The number of nitrogens with one attached hydrogen (secondary N) is 2. The lowest BCUT2D eigenvalue weighted by molar-refractivity contribution is -0.129. The van der Waals surface area contributed by atoms with E-state index in [4.69, 9.17) is 4.74 Å². The first-order valence-electron chi connectivity index (χ1n) is 7.75. The molecule has 0 bridgehead atoms. The predicted molar refractivity (Wildman–Crippen MR) is 87.8 cm³/mol. The van der Waals surface area contributed by atoms with Gasteiger partial charge in [-0.05, 0) is 42.0 Å². The fourth-order valence-corrected chi connectivity index (χ4v) is 2.16. The van der Waals surface area contributed by atoms with Gasteiger partial charge in [-0.1, -0.05) is 6.07 Å². The second-order valence-corrected chi connectivity index (χ2v) is 5.34. The summed E-state index contributed by atoms with van der Waals surface area (Å²) in [6.07, 6.45) is -0.0887. The molecule has 0 radical (unpaired) electrons. The second kappa shape index (κ2) is 8.89. The van der Waals surface area contributed by atoms with Crippen LogP contribution in [-0.2, 0) is 9.59 Å². The average molecular weight is 366 g/mol. The molecule has 26 heavy (non-hydrogen) atoms. The van der Waals surface area contributed by atoms with Crippen molar-refractivity contribution in [1.29, 1.82) is 0 Å². The zero-order chi connectivity index (χ0) is 19.1. The molecule has 2 rings (SSSR count). The second-order valence-electron chi connectivity index (χ2n) is 5.34. The number of carbonyl (C=O) groups is 2. The standard InChI is InChI=1S/C18H17F3N2O3/c1-22-18(25)17(11-2-7-14(20)15(21)10-11)23-16(24)8-9-26-13-5-3-12(19)4-6-13/h2-7,10,17H,8-9H2,1H3,(H,22,25)(H,23,24). The maximum Gasteiger partial charge on any atom is 0.246 e. The molecule has 0 aromatic heterocycles. The summed E-state index contributed by atoms with van der Waals surface area (Å²) in [4.78, 5) is 24.0. The molecule has 0 saturated heterocycles. The van der Waals surface area contributed by atoms with Crippen LogP contribution in [-0.4, -0.2) is 25.5 Å². The molecule has 138 valence electrons. The van der Waals surface area contributed by atoms with E-state index in [9.17, 15) is 22.8 Å². The summed E-state index contributed by atoms with van der Waals surface area (Å²) < 4.78 is 44.6. The number of amides is 2. The molecule has 0 heterocycles. The third kappa shape index (κ3) is 5.23. The summed E-state index contributed by atoms with van der Waals surface area (Å²) in [5.74, 6) is -3.29. The van der Waals surface area contributed by atoms with Gasteiger partial charge in [0.25, 0.3) is 0 Å². The molecule has 1 unspecified atom stereocenters. The summed E-state index contributed by atoms with van der Waals surface area (Å²) >= 11 is 0. The quantitative estimate of drug-likeness (QED) is 0.791. The molecule has 1 atom stereocenters. The highest BCUT2D eigenvalue weighted by molar-refractivity contribution is 5.88. The van der Waals surface area contributed by atoms with Gasteiger partial charge in [0.2, 0.25) is 11.8 Å². The van der Waals surface area contributed by atoms with Crippen LogP contribution in [0, 0.1) is 17.5 Å². The molecule has 2 aromatic rings. The SMILES string of the molecule is CNC(=O)C(NC(=O)CCOc1ccc(F)cc1)c1ccc(F)c(F)c1. The van der Waals surface area contributed by atoms with Gasteiger partial charge in [0.05, 0.1) is 13.0 Å². The zero-order valence-electron chi connectivity index (χ0n) is 13.9. The number of hydrogen-bond donors (Lipinski definition) is 2. The number of likely N-dealkylation sites (N-methyl/N-ethyl adjacent to an activating group) is 1. The Morgan fingerprint density at radius 1 is 1.04 bits per heavy atom. The van der Waals surface area contributed by atoms with Crippen molar-refractivity contribution in [3.63, 3.8) is 0 Å². The van der Waals surface area contributed by atoms with Crippen LogP contribution in [0.2, 0.25) is 0 Å². The lowest BCUT2D eigenvalue weighted by Crippen LogP contribution is -2.39. The van der Waals surface area contributed by atoms with Crippen LogP contribution in [0.4, 0.5) is 13.2 Å². The minimum Gasteiger partial charge on any atom is -0.493 e. The van der Waals surface area contributed by atoms with Crippen LogP contribution in [0.3, 0.4) is 0 Å². The zero-order valence-corrected chi connectivity index (χ0v) is 13.9. The predicted octanol–water partition coefficient (Wildman–Crippen LogP) is 2.48. The summed E-state index contributed by atoms with van der Waals surface area (Å²) in [6.45, 7) is -0.00426. The number of carbonyl (C=O) groups excluding carboxylic acids is 2. The number of hydrogen-bond acceptors (Lipinski definition) is 3. The van der Waals surface area contributed by atoms with E-state index in [1.165, 1.54) is 37.4 Å². The van der Waals surface area contributed by atoms with E-state index in [1.807, 2.05) is 0 Å². The lowest BCUT2D eigenvalue weighted by atomic mass is 10.1. The molecule has 0 spiro atoms. The Morgan fingerprint density at radius 3 is 2.35 bits per heavy atom. The van der Waals surface area contributed by atoms with Crippen molar-refractivity contribution in [2.45, 2.75) is 12.5 Å². The van der Waals surface area contributed by atoms with Crippen molar-refractivity contribution in [3.8, 4) is 5.75 Å². The molecular weight excluding hydrogens is 349 g/mol. The van der Waals surface area contributed by atoms with Gasteiger partial charge in [-0.25, -0.2) is 13.2 Å². The Morgan fingerprint density at radius 2 is 1.73 bits per heavy atom. The summed E-state index contributed by atoms with van der Waals surface area (Å²) in [7, 11) is 1.36. The third-order valence-electron chi connectivity index (χ3n) is 3.50. The molecular formula is C18H17F3N2O3. The van der Waals surface area contributed by atoms with Crippen LogP contribution >= 0.6 is 0 Å². The molecule has 2 amide bonds. The highest BCUT2D eigenvalue weighted by Crippen LogP contribution is 2.17. The fourth-order valence-electron chi connectivity index (χ4n) is 2.16. The molecule has 0 fully saturated rings. The van der Waals surface area contributed by atoms with Crippen LogP contribution in [0.15, 0.2) is 42.5 Å². The van der Waals surface area contributed by atoms with Crippen LogP contribution < -0.4 is 15.4 Å². The van der Waals surface area contributed by atoms with Gasteiger partial charge in [0.15, 0.2) is 11.6 Å². The van der Waals surface area contributed by atoms with Crippen molar-refractivity contribution in [2.75, 3.05) is 13.7 Å². The summed E-state index contributed by atoms with van der Waals surface area (Å²) in [5, 5.41) is 4.80. The van der Waals surface area contributed by atoms with Crippen molar-refractivity contribution in [1.82, 2.24) is 10.6 Å². The normalized spacial score (nSPS) is 11.5. The molecule has 0 saturated carbocycles. The van der Waals surface area contributed by atoms with Gasteiger partial charge >= 0.3 is 0 Å². The van der Waals surface area contributed by atoms with E-state index in [2.05, 4.69) is 10.6 Å². The smallest absolute Gasteiger partial charge is 0.246 e. The first-order valence-corrected chi connectivity index (χ1v) is 7.75. The van der Waals surface area contributed by atoms with E-state index >= 15 is 0 Å². The van der Waals surface area contributed by atoms with Crippen molar-refractivity contribution < 1.29 is 27.5 Å². The van der Waals surface area contributed by atoms with Crippen molar-refractivity contribution >= 4 is 11.8 Å². The highest BCUT2D eigenvalue weighted by Gasteiger charge is 2.23. The molecule has 2 aromatic carbocycles. The number of ether oxygens (including phenoxy) is 1. The first-order chi connectivity index (χ1) is 12.4. The van der Waals surface area contributed by atoms with Crippen molar-refractivity contribution in [3.05, 3.63) is 65.5 Å². The van der Waals surface area contributed by atoms with Gasteiger partial charge in [-0.2, -0.15) is 0 Å². The van der Waals surface area contributed by atoms with E-state index < -0.39 is 35.3 Å². The first kappa shape index (κ1) is 19.3.